The van der Waals surface area contributed by atoms with E-state index in [0.29, 0.717) is 16.3 Å². The predicted octanol–water partition coefficient (Wildman–Crippen LogP) is 4.98. The number of aliphatic hydroxyl groups is 1. The number of aryl methyl sites for hydroxylation is 1. The number of sulfone groups is 1. The molecule has 0 unspecified atom stereocenters. The molecule has 30 heavy (non-hydrogen) atoms. The highest BCUT2D eigenvalue weighted by atomic mass is 35.5. The van der Waals surface area contributed by atoms with Crippen LogP contribution in [-0.2, 0) is 14.6 Å². The number of hydrogen-bond donors (Lipinski definition) is 1. The minimum Gasteiger partial charge on any atom is -0.502 e. The maximum absolute atomic E-state index is 13.5. The molecule has 1 heterocycles. The maximum Gasteiger partial charge on any atom is 0.295 e. The summed E-state index contributed by atoms with van der Waals surface area (Å²) in [5, 5.41) is 11.1. The van der Waals surface area contributed by atoms with E-state index in [1.807, 2.05) is 19.1 Å². The number of hydrogen-bond acceptors (Lipinski definition) is 4. The lowest BCUT2D eigenvalue weighted by Crippen LogP contribution is -2.31. The summed E-state index contributed by atoms with van der Waals surface area (Å²) in [5.74, 6) is -1.54. The van der Waals surface area contributed by atoms with Crippen LogP contribution in [0.2, 0.25) is 5.02 Å². The molecule has 5 nitrogen and oxygen atoms in total. The molecule has 0 saturated heterocycles. The maximum atomic E-state index is 13.5. The minimum absolute atomic E-state index is 0.0479. The van der Waals surface area contributed by atoms with E-state index >= 15 is 0 Å². The Hall–Kier alpha value is -3.09. The third kappa shape index (κ3) is 3.38. The van der Waals surface area contributed by atoms with E-state index in [1.54, 1.807) is 42.5 Å². The Labute approximate surface area is 179 Å². The fraction of sp³-hybridized carbons (Fsp3) is 0.0870. The third-order valence-corrected chi connectivity index (χ3v) is 7.14. The highest BCUT2D eigenvalue weighted by molar-refractivity contribution is 7.95. The van der Waals surface area contributed by atoms with Crippen molar-refractivity contribution in [3.63, 3.8) is 0 Å². The number of carbonyl (C=O) groups is 1. The molecule has 3 aromatic rings. The van der Waals surface area contributed by atoms with Crippen LogP contribution >= 0.6 is 11.6 Å². The summed E-state index contributed by atoms with van der Waals surface area (Å²) >= 11 is 5.90. The zero-order valence-electron chi connectivity index (χ0n) is 16.0. The second-order valence-electron chi connectivity index (χ2n) is 6.99. The lowest BCUT2D eigenvalue weighted by Gasteiger charge is -2.27. The van der Waals surface area contributed by atoms with Crippen molar-refractivity contribution in [3.8, 4) is 0 Å². The van der Waals surface area contributed by atoms with E-state index in [2.05, 4.69) is 0 Å². The van der Waals surface area contributed by atoms with Gasteiger partial charge in [0.1, 0.15) is 10.9 Å². The molecule has 1 amide bonds. The molecule has 0 spiro atoms. The van der Waals surface area contributed by atoms with Crippen LogP contribution in [0.25, 0.3) is 0 Å². The second kappa shape index (κ2) is 7.63. The van der Waals surface area contributed by atoms with Crippen molar-refractivity contribution in [3.05, 3.63) is 106 Å². The van der Waals surface area contributed by atoms with E-state index in [0.717, 1.165) is 5.56 Å². The number of nitrogens with zero attached hydrogens (tertiary/aromatic N) is 1. The topological polar surface area (TPSA) is 74.7 Å². The normalized spacial score (nSPS) is 16.9. The van der Waals surface area contributed by atoms with E-state index in [9.17, 15) is 18.3 Å². The molecule has 7 heteroatoms. The molecule has 1 atom stereocenters. The van der Waals surface area contributed by atoms with Gasteiger partial charge in [0.05, 0.1) is 4.90 Å². The Kier molecular flexibility index (Phi) is 5.13. The molecule has 0 aromatic heterocycles. The summed E-state index contributed by atoms with van der Waals surface area (Å²) in [6.07, 6.45) is 0. The average molecular weight is 440 g/mol. The molecule has 4 rings (SSSR count). The summed E-state index contributed by atoms with van der Waals surface area (Å²) in [7, 11) is -4.18. The zero-order chi connectivity index (χ0) is 21.5. The lowest BCUT2D eigenvalue weighted by molar-refractivity contribution is -0.117. The van der Waals surface area contributed by atoms with Crippen molar-refractivity contribution in [1.29, 1.82) is 0 Å². The van der Waals surface area contributed by atoms with Crippen molar-refractivity contribution < 1.29 is 18.3 Å². The summed E-state index contributed by atoms with van der Waals surface area (Å²) in [4.78, 5) is 13.9. The monoisotopic (exact) mass is 439 g/mol. The van der Waals surface area contributed by atoms with Crippen molar-refractivity contribution in [2.45, 2.75) is 17.9 Å². The van der Waals surface area contributed by atoms with Crippen LogP contribution in [0.5, 0.6) is 0 Å². The first kappa shape index (κ1) is 20.2. The van der Waals surface area contributed by atoms with Gasteiger partial charge in [-0.1, -0.05) is 59.6 Å². The van der Waals surface area contributed by atoms with Gasteiger partial charge in [0, 0.05) is 10.7 Å². The van der Waals surface area contributed by atoms with Crippen LogP contribution < -0.4 is 4.90 Å². The minimum atomic E-state index is -4.18. The number of aliphatic hydroxyl groups excluding tert-OH is 1. The first-order valence-corrected chi connectivity index (χ1v) is 11.1. The molecule has 1 aliphatic rings. The number of anilines is 1. The molecule has 152 valence electrons. The van der Waals surface area contributed by atoms with Crippen molar-refractivity contribution in [2.75, 3.05) is 4.90 Å². The highest BCUT2D eigenvalue weighted by Gasteiger charge is 2.47. The zero-order valence-corrected chi connectivity index (χ0v) is 17.6. The van der Waals surface area contributed by atoms with Gasteiger partial charge in [0.2, 0.25) is 9.84 Å². The van der Waals surface area contributed by atoms with Gasteiger partial charge in [-0.2, -0.15) is 0 Å². The summed E-state index contributed by atoms with van der Waals surface area (Å²) in [5.41, 5.74) is 2.06. The van der Waals surface area contributed by atoms with Gasteiger partial charge in [0.15, 0.2) is 5.76 Å². The Morgan fingerprint density at radius 2 is 1.50 bits per heavy atom. The molecule has 3 aromatic carbocycles. The number of amides is 1. The molecule has 1 N–H and O–H groups in total. The Balaban J connectivity index is 1.94. The van der Waals surface area contributed by atoms with Crippen molar-refractivity contribution >= 4 is 33.0 Å². The fourth-order valence-corrected chi connectivity index (χ4v) is 5.25. The Bertz CT molecular complexity index is 1230. The van der Waals surface area contributed by atoms with Crippen LogP contribution in [0.4, 0.5) is 5.69 Å². The Morgan fingerprint density at radius 1 is 0.900 bits per heavy atom. The smallest absolute Gasteiger partial charge is 0.295 e. The van der Waals surface area contributed by atoms with Gasteiger partial charge in [-0.3, -0.25) is 9.69 Å². The van der Waals surface area contributed by atoms with Crippen molar-refractivity contribution in [1.82, 2.24) is 0 Å². The quantitative estimate of drug-likeness (QED) is 0.622. The Morgan fingerprint density at radius 3 is 2.10 bits per heavy atom. The van der Waals surface area contributed by atoms with Gasteiger partial charge in [0.25, 0.3) is 5.91 Å². The first-order valence-electron chi connectivity index (χ1n) is 9.19. The van der Waals surface area contributed by atoms with Gasteiger partial charge in [-0.25, -0.2) is 8.42 Å². The molecule has 0 saturated carbocycles. The number of para-hydroxylation sites is 1. The largest absolute Gasteiger partial charge is 0.502 e. The van der Waals surface area contributed by atoms with Gasteiger partial charge < -0.3 is 5.11 Å². The molecular formula is C23H18ClNO4S. The lowest BCUT2D eigenvalue weighted by atomic mass is 10.0. The number of carbonyl (C=O) groups excluding carboxylic acids is 1. The standard InChI is InChI=1S/C23H18ClNO4S/c1-15-7-9-16(10-8-15)20-22(30(28,29)19-13-11-17(24)12-14-19)21(26)23(27)25(20)18-5-3-2-4-6-18/h2-14,20,26H,1H3/t20-/m1/s1. The number of rotatable bonds is 4. The average Bonchev–Trinajstić information content (AvgIpc) is 3.01. The van der Waals surface area contributed by atoms with E-state index < -0.39 is 27.5 Å². The fourth-order valence-electron chi connectivity index (χ4n) is 3.50. The van der Waals surface area contributed by atoms with E-state index in [1.165, 1.54) is 29.2 Å². The summed E-state index contributed by atoms with van der Waals surface area (Å²) in [6.45, 7) is 1.91. The predicted molar refractivity (Wildman–Crippen MR) is 116 cm³/mol. The molecule has 0 radical (unpaired) electrons. The van der Waals surface area contributed by atoms with Gasteiger partial charge in [-0.15, -0.1) is 0 Å². The molecule has 0 fully saturated rings. The second-order valence-corrected chi connectivity index (χ2v) is 9.35. The summed E-state index contributed by atoms with van der Waals surface area (Å²) < 4.78 is 27.0. The first-order chi connectivity index (χ1) is 14.3. The highest BCUT2D eigenvalue weighted by Crippen LogP contribution is 2.44. The van der Waals surface area contributed by atoms with Crippen LogP contribution in [0.3, 0.4) is 0 Å². The van der Waals surface area contributed by atoms with Crippen molar-refractivity contribution in [2.24, 2.45) is 0 Å². The third-order valence-electron chi connectivity index (χ3n) is 5.00. The van der Waals surface area contributed by atoms with E-state index in [-0.39, 0.29) is 9.80 Å². The van der Waals surface area contributed by atoms with E-state index in [4.69, 9.17) is 11.6 Å². The van der Waals surface area contributed by atoms with Gasteiger partial charge in [-0.05, 0) is 48.9 Å². The van der Waals surface area contributed by atoms with Crippen LogP contribution in [0.15, 0.2) is 94.4 Å². The summed E-state index contributed by atoms with van der Waals surface area (Å²) in [6, 6.07) is 20.5. The SMILES string of the molecule is Cc1ccc([C@@H]2C(S(=O)(=O)c3ccc(Cl)cc3)=C(O)C(=O)N2c2ccccc2)cc1. The van der Waals surface area contributed by atoms with Gasteiger partial charge >= 0.3 is 0 Å². The van der Waals surface area contributed by atoms with Crippen LogP contribution in [0, 0.1) is 6.92 Å². The number of halogens is 1. The molecule has 0 aliphatic carbocycles. The van der Waals surface area contributed by atoms with Crippen LogP contribution in [0.1, 0.15) is 17.2 Å². The van der Waals surface area contributed by atoms with Crippen LogP contribution in [-0.4, -0.2) is 19.4 Å². The molecular weight excluding hydrogens is 422 g/mol. The molecule has 1 aliphatic heterocycles. The number of benzene rings is 3. The molecule has 0 bridgehead atoms.